The van der Waals surface area contributed by atoms with Crippen molar-refractivity contribution in [2.24, 2.45) is 0 Å². The fourth-order valence-electron chi connectivity index (χ4n) is 8.59. The quantitative estimate of drug-likeness (QED) is 0.124. The molecule has 0 saturated heterocycles. The summed E-state index contributed by atoms with van der Waals surface area (Å²) in [6, 6.07) is 23.5. The van der Waals surface area contributed by atoms with Gasteiger partial charge in [0.25, 0.3) is 0 Å². The smallest absolute Gasteiger partial charge is 1.00 e. The maximum absolute atomic E-state index is 12.7. The summed E-state index contributed by atoms with van der Waals surface area (Å²) in [6.07, 6.45) is -1.84. The van der Waals surface area contributed by atoms with Crippen LogP contribution in [0, 0.1) is 19.9 Å². The first-order valence-electron chi connectivity index (χ1n) is 19.2. The number of aryl methyl sites for hydroxylation is 2. The minimum absolute atomic E-state index is 0. The Hall–Kier alpha value is -3.38. The number of benzene rings is 4. The van der Waals surface area contributed by atoms with E-state index in [0.29, 0.717) is 9.12 Å². The predicted octanol–water partition coefficient (Wildman–Crippen LogP) is 8.44. The molecule has 3 aliphatic rings. The van der Waals surface area contributed by atoms with E-state index in [1.165, 1.54) is 96.6 Å². The van der Waals surface area contributed by atoms with Crippen LogP contribution in [-0.2, 0) is 53.8 Å². The Bertz CT molecular complexity index is 2310. The summed E-state index contributed by atoms with van der Waals surface area (Å²) >= 11 is 0.729. The molecule has 0 nitrogen and oxygen atoms in total. The second-order valence-corrected chi connectivity index (χ2v) is 18.3. The molecule has 9 heteroatoms. The molecular weight excluding hydrogens is 877 g/mol. The summed E-state index contributed by atoms with van der Waals surface area (Å²) in [7, 11) is 0. The minimum atomic E-state index is -4.49. The summed E-state index contributed by atoms with van der Waals surface area (Å²) in [5.74, 6) is 0.675. The van der Waals surface area contributed by atoms with Gasteiger partial charge < -0.3 is 24.8 Å². The largest absolute Gasteiger partial charge is 1.00 e. The van der Waals surface area contributed by atoms with Gasteiger partial charge in [-0.05, 0) is 58.4 Å². The van der Waals surface area contributed by atoms with Crippen molar-refractivity contribution < 1.29 is 75.4 Å². The average molecular weight is 925 g/mol. The Morgan fingerprint density at radius 1 is 0.678 bits per heavy atom. The second-order valence-electron chi connectivity index (χ2n) is 17.1. The zero-order valence-electron chi connectivity index (χ0n) is 35.0. The van der Waals surface area contributed by atoms with Gasteiger partial charge in [0.1, 0.15) is 0 Å². The normalized spacial score (nSPS) is 15.2. The molecule has 0 N–H and O–H groups in total. The monoisotopic (exact) mass is 922 g/mol. The van der Waals surface area contributed by atoms with Crippen LogP contribution in [0.4, 0.5) is 26.3 Å². The third-order valence-corrected chi connectivity index (χ3v) is 12.7. The van der Waals surface area contributed by atoms with Gasteiger partial charge in [0.2, 0.25) is 0 Å². The molecule has 5 aromatic carbocycles. The molecule has 0 saturated carbocycles. The summed E-state index contributed by atoms with van der Waals surface area (Å²) < 4.78 is 76.7. The minimum Gasteiger partial charge on any atom is -1.00 e. The summed E-state index contributed by atoms with van der Waals surface area (Å²) in [5.41, 5.74) is 17.8. The molecule has 0 bridgehead atoms. The topological polar surface area (TPSA) is 0 Å². The third kappa shape index (κ3) is 10.1. The van der Waals surface area contributed by atoms with Crippen LogP contribution in [0.15, 0.2) is 91.0 Å². The molecule has 0 fully saturated rings. The molecular formula is C50H48Cl2F6Zr-2. The number of alkyl halides is 6. The van der Waals surface area contributed by atoms with Crippen molar-refractivity contribution in [3.63, 3.8) is 0 Å². The van der Waals surface area contributed by atoms with Crippen molar-refractivity contribution >= 4 is 14.4 Å². The molecule has 5 aromatic rings. The van der Waals surface area contributed by atoms with E-state index in [0.717, 1.165) is 54.9 Å². The fourth-order valence-corrected chi connectivity index (χ4v) is 9.36. The van der Waals surface area contributed by atoms with E-state index in [9.17, 15) is 26.3 Å². The van der Waals surface area contributed by atoms with Crippen LogP contribution in [0.1, 0.15) is 134 Å². The fraction of sp³-hybridized carbons (Fsp3) is 0.320. The number of halogens is 8. The first-order chi connectivity index (χ1) is 26.4. The maximum Gasteiger partial charge on any atom is -1.00 e. The molecule has 0 atom stereocenters. The molecule has 0 heterocycles. The second kappa shape index (κ2) is 17.5. The Labute approximate surface area is 372 Å². The van der Waals surface area contributed by atoms with Crippen molar-refractivity contribution in [1.82, 2.24) is 0 Å². The number of rotatable bonds is 3. The van der Waals surface area contributed by atoms with Gasteiger partial charge in [-0.3, -0.25) is 6.08 Å². The Kier molecular flexibility index (Phi) is 14.4. The first kappa shape index (κ1) is 48.3. The van der Waals surface area contributed by atoms with E-state index in [4.69, 9.17) is 0 Å². The molecule has 8 rings (SSSR count). The van der Waals surface area contributed by atoms with Gasteiger partial charge in [-0.15, -0.1) is 11.6 Å². The average Bonchev–Trinajstić information content (AvgIpc) is 3.79. The van der Waals surface area contributed by atoms with Gasteiger partial charge in [-0.2, -0.15) is 28.3 Å². The van der Waals surface area contributed by atoms with E-state index >= 15 is 0 Å². The van der Waals surface area contributed by atoms with Crippen LogP contribution in [0.25, 0.3) is 22.3 Å². The van der Waals surface area contributed by atoms with E-state index < -0.39 is 23.5 Å². The molecule has 0 spiro atoms. The van der Waals surface area contributed by atoms with Gasteiger partial charge in [0.15, 0.2) is 0 Å². The van der Waals surface area contributed by atoms with Crippen molar-refractivity contribution in [3.8, 4) is 11.1 Å². The predicted molar refractivity (Wildman–Crippen MR) is 218 cm³/mol. The molecule has 310 valence electrons. The van der Waals surface area contributed by atoms with Crippen LogP contribution < -0.4 is 24.8 Å². The van der Waals surface area contributed by atoms with Crippen LogP contribution >= 0.6 is 0 Å². The van der Waals surface area contributed by atoms with Gasteiger partial charge in [-0.25, -0.2) is 11.6 Å². The third-order valence-electron chi connectivity index (χ3n) is 11.3. The molecule has 0 aromatic heterocycles. The van der Waals surface area contributed by atoms with Crippen LogP contribution in [-0.4, -0.2) is 3.21 Å². The van der Waals surface area contributed by atoms with E-state index in [2.05, 4.69) is 118 Å². The number of hydrogen-bond acceptors (Lipinski definition) is 0. The van der Waals surface area contributed by atoms with Crippen molar-refractivity contribution in [2.45, 2.75) is 105 Å². The van der Waals surface area contributed by atoms with Gasteiger partial charge in [0.05, 0.1) is 0 Å². The van der Waals surface area contributed by atoms with Gasteiger partial charge in [0, 0.05) is 5.41 Å². The summed E-state index contributed by atoms with van der Waals surface area (Å²) in [6.45, 7) is 22.5. The molecule has 59 heavy (non-hydrogen) atoms. The molecule has 0 aliphatic heterocycles. The van der Waals surface area contributed by atoms with E-state index in [1.54, 1.807) is 0 Å². The van der Waals surface area contributed by atoms with Gasteiger partial charge in [-0.1, -0.05) is 91.9 Å². The number of allylic oxidation sites excluding steroid dienone is 4. The molecule has 0 radical (unpaired) electrons. The molecule has 0 amide bonds. The standard InChI is InChI=1S/C25H25.C15H8F6.C10H15.2ClH.Zr/c1-14-12-24(3,4)22-8-16-7-17-9-23-19(15(2)13-25(23,5)6)11-21(17)20(16)10-18(14)22;16-14(17,18)12-5-1-3-10(8-12)7-11-4-2-6-13(9-11)15(19,20)21;1-7(2)10-6-8(3)5-9(10)4;;;/h8-12H,7H2,1-6H3;1-6,8-9H;5-7H,1-4H3;2*1H;/q-1;;-1;;;+2/p-2. The van der Waals surface area contributed by atoms with Crippen LogP contribution in [0.5, 0.6) is 0 Å². The van der Waals surface area contributed by atoms with Gasteiger partial charge >= 0.3 is 137 Å². The summed E-state index contributed by atoms with van der Waals surface area (Å²) in [5, 5.41) is 0. The first-order valence-corrected chi connectivity index (χ1v) is 20.4. The number of fused-ring (bicyclic) bond motifs is 5. The van der Waals surface area contributed by atoms with E-state index in [-0.39, 0.29) is 46.8 Å². The molecule has 3 aliphatic carbocycles. The van der Waals surface area contributed by atoms with Crippen LogP contribution in [0.2, 0.25) is 0 Å². The van der Waals surface area contributed by atoms with Crippen LogP contribution in [0.3, 0.4) is 0 Å². The van der Waals surface area contributed by atoms with Crippen molar-refractivity contribution in [3.05, 3.63) is 169 Å². The van der Waals surface area contributed by atoms with Crippen molar-refractivity contribution in [2.75, 3.05) is 0 Å². The van der Waals surface area contributed by atoms with E-state index in [1.807, 2.05) is 0 Å². The Balaban J connectivity index is 0.000000208. The SMILES string of the molecule is CC1=[C-]C(C)(C)c2cc3c(cc21)-c1cc2c(cc1C3)C(C)(C)C=C2C.Cc1cc(C(C)C)c(C)[cH-]1.FC(F)(F)c1cccc([C](=[Zr+2])c2cccc(C(F)(F)F)c2)c1.[Cl-].[Cl-]. The number of hydrogen-bond donors (Lipinski definition) is 0. The zero-order valence-corrected chi connectivity index (χ0v) is 38.9. The zero-order chi connectivity index (χ0) is 42.0. The summed E-state index contributed by atoms with van der Waals surface area (Å²) in [4.78, 5) is 0. The Morgan fingerprint density at radius 2 is 1.17 bits per heavy atom. The molecule has 0 unspecified atom stereocenters. The maximum atomic E-state index is 12.7. The van der Waals surface area contributed by atoms with Crippen molar-refractivity contribution in [1.29, 1.82) is 0 Å². The Morgan fingerprint density at radius 3 is 1.61 bits per heavy atom.